The molecule has 2 aromatic carbocycles. The molecule has 0 radical (unpaired) electrons. The third-order valence-electron chi connectivity index (χ3n) is 2.81. The van der Waals surface area contributed by atoms with Crippen LogP contribution in [0.3, 0.4) is 0 Å². The van der Waals surface area contributed by atoms with E-state index in [1.165, 1.54) is 19.2 Å². The SMILES string of the molecule is COc1cc(C(=O)O)cc(Br)c1OCc1ccccc1Cl. The van der Waals surface area contributed by atoms with Gasteiger partial charge in [0.25, 0.3) is 0 Å². The van der Waals surface area contributed by atoms with Crippen molar-refractivity contribution in [3.8, 4) is 11.5 Å². The van der Waals surface area contributed by atoms with Crippen LogP contribution in [0.1, 0.15) is 15.9 Å². The molecular weight excluding hydrogens is 360 g/mol. The van der Waals surface area contributed by atoms with E-state index >= 15 is 0 Å². The molecule has 6 heteroatoms. The molecule has 0 aliphatic heterocycles. The van der Waals surface area contributed by atoms with Crippen LogP contribution in [0.5, 0.6) is 11.5 Å². The molecule has 2 aromatic rings. The molecule has 0 saturated heterocycles. The van der Waals surface area contributed by atoms with E-state index in [-0.39, 0.29) is 12.2 Å². The minimum Gasteiger partial charge on any atom is -0.493 e. The molecule has 4 nitrogen and oxygen atoms in total. The van der Waals surface area contributed by atoms with Gasteiger partial charge in [0.1, 0.15) is 6.61 Å². The predicted molar refractivity (Wildman–Crippen MR) is 83.4 cm³/mol. The van der Waals surface area contributed by atoms with Gasteiger partial charge in [-0.25, -0.2) is 4.79 Å². The van der Waals surface area contributed by atoms with Gasteiger partial charge in [-0.3, -0.25) is 0 Å². The zero-order valence-corrected chi connectivity index (χ0v) is 13.4. The van der Waals surface area contributed by atoms with Gasteiger partial charge in [0.2, 0.25) is 0 Å². The third-order valence-corrected chi connectivity index (χ3v) is 3.76. The lowest BCUT2D eigenvalue weighted by Crippen LogP contribution is -2.02. The molecule has 0 atom stereocenters. The molecular formula is C15H12BrClO4. The van der Waals surface area contributed by atoms with Gasteiger partial charge in [0.05, 0.1) is 17.1 Å². The standard InChI is InChI=1S/C15H12BrClO4/c1-20-13-7-10(15(18)19)6-11(16)14(13)21-8-9-4-2-3-5-12(9)17/h2-7H,8H2,1H3,(H,18,19). The first-order valence-corrected chi connectivity index (χ1v) is 7.17. The molecule has 0 saturated carbocycles. The second kappa shape index (κ2) is 6.83. The number of hydrogen-bond donors (Lipinski definition) is 1. The van der Waals surface area contributed by atoms with E-state index < -0.39 is 5.97 Å². The van der Waals surface area contributed by atoms with Crippen LogP contribution in [-0.2, 0) is 6.61 Å². The van der Waals surface area contributed by atoms with Crippen LogP contribution in [-0.4, -0.2) is 18.2 Å². The largest absolute Gasteiger partial charge is 0.493 e. The van der Waals surface area contributed by atoms with Crippen LogP contribution in [0.25, 0.3) is 0 Å². The molecule has 21 heavy (non-hydrogen) atoms. The van der Waals surface area contributed by atoms with Crippen molar-refractivity contribution in [1.29, 1.82) is 0 Å². The normalized spacial score (nSPS) is 10.2. The number of aromatic carboxylic acids is 1. The second-order valence-corrected chi connectivity index (χ2v) is 5.44. The highest BCUT2D eigenvalue weighted by atomic mass is 79.9. The Labute approximate surface area is 135 Å². The van der Waals surface area contributed by atoms with Crippen molar-refractivity contribution in [1.82, 2.24) is 0 Å². The smallest absolute Gasteiger partial charge is 0.335 e. The highest BCUT2D eigenvalue weighted by Crippen LogP contribution is 2.37. The van der Waals surface area contributed by atoms with Crippen LogP contribution in [0.15, 0.2) is 40.9 Å². The Kier molecular flexibility index (Phi) is 5.09. The Bertz CT molecular complexity index is 673. The van der Waals surface area contributed by atoms with Crippen molar-refractivity contribution in [2.45, 2.75) is 6.61 Å². The van der Waals surface area contributed by atoms with Crippen molar-refractivity contribution in [2.24, 2.45) is 0 Å². The molecule has 0 aliphatic carbocycles. The Morgan fingerprint density at radius 1 is 1.33 bits per heavy atom. The molecule has 0 spiro atoms. The first-order chi connectivity index (χ1) is 10.0. The lowest BCUT2D eigenvalue weighted by Gasteiger charge is -2.14. The molecule has 0 aliphatic rings. The maximum atomic E-state index is 11.0. The number of methoxy groups -OCH3 is 1. The first-order valence-electron chi connectivity index (χ1n) is 6.00. The van der Waals surface area contributed by atoms with Gasteiger partial charge in [-0.15, -0.1) is 0 Å². The van der Waals surface area contributed by atoms with Crippen LogP contribution < -0.4 is 9.47 Å². The average Bonchev–Trinajstić information content (AvgIpc) is 2.46. The van der Waals surface area contributed by atoms with E-state index in [1.807, 2.05) is 18.2 Å². The Morgan fingerprint density at radius 2 is 2.05 bits per heavy atom. The topological polar surface area (TPSA) is 55.8 Å². The van der Waals surface area contributed by atoms with Gasteiger partial charge in [-0.1, -0.05) is 29.8 Å². The summed E-state index contributed by atoms with van der Waals surface area (Å²) >= 11 is 9.37. The summed E-state index contributed by atoms with van der Waals surface area (Å²) in [6, 6.07) is 10.2. The zero-order chi connectivity index (χ0) is 15.4. The molecule has 0 unspecified atom stereocenters. The molecule has 0 heterocycles. The molecule has 1 N–H and O–H groups in total. The van der Waals surface area contributed by atoms with Crippen molar-refractivity contribution < 1.29 is 19.4 Å². The highest BCUT2D eigenvalue weighted by Gasteiger charge is 2.15. The quantitative estimate of drug-likeness (QED) is 0.847. The van der Waals surface area contributed by atoms with Gasteiger partial charge in [-0.2, -0.15) is 0 Å². The Hall–Kier alpha value is -1.72. The number of hydrogen-bond acceptors (Lipinski definition) is 3. The van der Waals surface area contributed by atoms with E-state index in [9.17, 15) is 4.79 Å². The zero-order valence-electron chi connectivity index (χ0n) is 11.1. The van der Waals surface area contributed by atoms with Gasteiger partial charge < -0.3 is 14.6 Å². The average molecular weight is 372 g/mol. The van der Waals surface area contributed by atoms with E-state index in [0.717, 1.165) is 5.56 Å². The lowest BCUT2D eigenvalue weighted by molar-refractivity contribution is 0.0696. The van der Waals surface area contributed by atoms with Gasteiger partial charge in [0, 0.05) is 10.6 Å². The molecule has 0 bridgehead atoms. The number of benzene rings is 2. The van der Waals surface area contributed by atoms with Crippen LogP contribution in [0.4, 0.5) is 0 Å². The maximum Gasteiger partial charge on any atom is 0.335 e. The fourth-order valence-corrected chi connectivity index (χ4v) is 2.50. The number of carbonyl (C=O) groups is 1. The van der Waals surface area contributed by atoms with E-state index in [4.69, 9.17) is 26.2 Å². The third kappa shape index (κ3) is 3.68. The van der Waals surface area contributed by atoms with E-state index in [1.54, 1.807) is 6.07 Å². The summed E-state index contributed by atoms with van der Waals surface area (Å²) in [5, 5.41) is 9.64. The number of carboxylic acids is 1. The van der Waals surface area contributed by atoms with Crippen LogP contribution in [0.2, 0.25) is 5.02 Å². The summed E-state index contributed by atoms with van der Waals surface area (Å²) in [6.45, 7) is 0.251. The van der Waals surface area contributed by atoms with Crippen LogP contribution in [0, 0.1) is 0 Å². The summed E-state index contributed by atoms with van der Waals surface area (Å²) in [5.41, 5.74) is 0.944. The summed E-state index contributed by atoms with van der Waals surface area (Å²) < 4.78 is 11.4. The van der Waals surface area contributed by atoms with Crippen molar-refractivity contribution >= 4 is 33.5 Å². The van der Waals surface area contributed by atoms with Gasteiger partial charge in [0.15, 0.2) is 11.5 Å². The molecule has 0 amide bonds. The minimum atomic E-state index is -1.04. The van der Waals surface area contributed by atoms with Crippen molar-refractivity contribution in [2.75, 3.05) is 7.11 Å². The minimum absolute atomic E-state index is 0.115. The fraction of sp³-hybridized carbons (Fsp3) is 0.133. The highest BCUT2D eigenvalue weighted by molar-refractivity contribution is 9.10. The molecule has 0 aromatic heterocycles. The summed E-state index contributed by atoms with van der Waals surface area (Å²) in [6.07, 6.45) is 0. The molecule has 0 fully saturated rings. The lowest BCUT2D eigenvalue weighted by atomic mass is 10.2. The predicted octanol–water partition coefficient (Wildman–Crippen LogP) is 4.39. The van der Waals surface area contributed by atoms with Crippen molar-refractivity contribution in [3.63, 3.8) is 0 Å². The van der Waals surface area contributed by atoms with E-state index in [0.29, 0.717) is 21.0 Å². The maximum absolute atomic E-state index is 11.0. The van der Waals surface area contributed by atoms with Gasteiger partial charge >= 0.3 is 5.97 Å². The summed E-state index contributed by atoms with van der Waals surface area (Å²) in [5.74, 6) is -0.261. The summed E-state index contributed by atoms with van der Waals surface area (Å²) in [7, 11) is 1.45. The number of halogens is 2. The number of carboxylic acid groups (broad SMARTS) is 1. The summed E-state index contributed by atoms with van der Waals surface area (Å²) in [4.78, 5) is 11.0. The molecule has 110 valence electrons. The monoisotopic (exact) mass is 370 g/mol. The van der Waals surface area contributed by atoms with Crippen LogP contribution >= 0.6 is 27.5 Å². The first kappa shape index (κ1) is 15.7. The second-order valence-electron chi connectivity index (χ2n) is 4.17. The Morgan fingerprint density at radius 3 is 2.67 bits per heavy atom. The molecule has 2 rings (SSSR count). The van der Waals surface area contributed by atoms with Gasteiger partial charge in [-0.05, 0) is 34.1 Å². The van der Waals surface area contributed by atoms with E-state index in [2.05, 4.69) is 15.9 Å². The van der Waals surface area contributed by atoms with Crippen molar-refractivity contribution in [3.05, 3.63) is 57.0 Å². The fourth-order valence-electron chi connectivity index (χ4n) is 1.75. The Balaban J connectivity index is 2.28. The number of ether oxygens (including phenoxy) is 2. The number of rotatable bonds is 5.